The number of rotatable bonds is 3. The molecule has 1 aromatic heterocycles. The van der Waals surface area contributed by atoms with E-state index in [9.17, 15) is 0 Å². The van der Waals surface area contributed by atoms with Gasteiger partial charge in [-0.25, -0.2) is 4.98 Å². The fraction of sp³-hybridized carbons (Fsp3) is 0.333. The molecular formula is C6H8N2O2. The second-order valence-electron chi connectivity index (χ2n) is 1.62. The van der Waals surface area contributed by atoms with E-state index < -0.39 is 0 Å². The highest BCUT2D eigenvalue weighted by molar-refractivity contribution is 5.00. The Morgan fingerprint density at radius 3 is 3.00 bits per heavy atom. The number of nitrogens with zero attached hydrogens (tertiary/aromatic N) is 2. The van der Waals surface area contributed by atoms with Crippen LogP contribution in [-0.4, -0.2) is 28.3 Å². The van der Waals surface area contributed by atoms with Crippen LogP contribution in [0, 0.1) is 0 Å². The summed E-state index contributed by atoms with van der Waals surface area (Å²) in [6.07, 6.45) is 4.59. The minimum Gasteiger partial charge on any atom is -0.474 e. The average molecular weight is 140 g/mol. The Hall–Kier alpha value is -1.16. The molecule has 4 nitrogen and oxygen atoms in total. The molecule has 0 bridgehead atoms. The minimum absolute atomic E-state index is 0.00340. The first-order valence-electron chi connectivity index (χ1n) is 2.93. The summed E-state index contributed by atoms with van der Waals surface area (Å²) in [7, 11) is 0. The van der Waals surface area contributed by atoms with E-state index in [1.54, 1.807) is 6.20 Å². The Labute approximate surface area is 58.5 Å². The Morgan fingerprint density at radius 1 is 1.50 bits per heavy atom. The van der Waals surface area contributed by atoms with Gasteiger partial charge in [-0.15, -0.1) is 0 Å². The molecule has 4 heteroatoms. The predicted octanol–water partition coefficient (Wildman–Crippen LogP) is -0.152. The van der Waals surface area contributed by atoms with E-state index in [0.717, 1.165) is 0 Å². The third-order valence-corrected chi connectivity index (χ3v) is 0.881. The van der Waals surface area contributed by atoms with Gasteiger partial charge in [-0.3, -0.25) is 4.98 Å². The van der Waals surface area contributed by atoms with Crippen LogP contribution in [0.2, 0.25) is 0 Å². The van der Waals surface area contributed by atoms with E-state index in [1.165, 1.54) is 12.4 Å². The van der Waals surface area contributed by atoms with Gasteiger partial charge in [-0.1, -0.05) is 0 Å². The van der Waals surface area contributed by atoms with Crippen LogP contribution in [0.1, 0.15) is 0 Å². The second kappa shape index (κ2) is 3.79. The molecule has 0 radical (unpaired) electrons. The van der Waals surface area contributed by atoms with Crippen LogP contribution in [-0.2, 0) is 0 Å². The Kier molecular flexibility index (Phi) is 2.63. The topological polar surface area (TPSA) is 55.2 Å². The molecule has 0 aromatic carbocycles. The number of aliphatic hydroxyl groups excluding tert-OH is 1. The fourth-order valence-corrected chi connectivity index (χ4v) is 0.510. The molecule has 0 aliphatic rings. The molecule has 0 amide bonds. The number of ether oxygens (including phenoxy) is 1. The van der Waals surface area contributed by atoms with Crippen LogP contribution >= 0.6 is 0 Å². The quantitative estimate of drug-likeness (QED) is 0.634. The van der Waals surface area contributed by atoms with Crippen molar-refractivity contribution in [3.8, 4) is 5.88 Å². The lowest BCUT2D eigenvalue weighted by atomic mass is 10.7. The molecule has 0 unspecified atom stereocenters. The van der Waals surface area contributed by atoms with Gasteiger partial charge < -0.3 is 9.84 Å². The summed E-state index contributed by atoms with van der Waals surface area (Å²) in [4.78, 5) is 7.59. The minimum atomic E-state index is -0.00340. The molecule has 0 aliphatic carbocycles. The molecule has 0 spiro atoms. The first-order valence-corrected chi connectivity index (χ1v) is 2.93. The van der Waals surface area contributed by atoms with Crippen molar-refractivity contribution in [1.82, 2.24) is 9.97 Å². The van der Waals surface area contributed by atoms with Crippen LogP contribution < -0.4 is 4.74 Å². The maximum Gasteiger partial charge on any atom is 0.232 e. The molecule has 10 heavy (non-hydrogen) atoms. The molecule has 1 N–H and O–H groups in total. The van der Waals surface area contributed by atoms with Crippen molar-refractivity contribution >= 4 is 0 Å². The predicted molar refractivity (Wildman–Crippen MR) is 34.6 cm³/mol. The zero-order valence-corrected chi connectivity index (χ0v) is 5.40. The van der Waals surface area contributed by atoms with Crippen LogP contribution in [0.3, 0.4) is 0 Å². The van der Waals surface area contributed by atoms with Crippen molar-refractivity contribution in [3.05, 3.63) is 18.6 Å². The third kappa shape index (κ3) is 1.99. The molecule has 1 rings (SSSR count). The largest absolute Gasteiger partial charge is 0.474 e. The van der Waals surface area contributed by atoms with Crippen molar-refractivity contribution in [1.29, 1.82) is 0 Å². The summed E-state index contributed by atoms with van der Waals surface area (Å²) in [5.41, 5.74) is 0. The van der Waals surface area contributed by atoms with Crippen molar-refractivity contribution in [2.75, 3.05) is 13.2 Å². The van der Waals surface area contributed by atoms with E-state index >= 15 is 0 Å². The highest BCUT2D eigenvalue weighted by Gasteiger charge is 1.89. The lowest BCUT2D eigenvalue weighted by Gasteiger charge is -1.99. The highest BCUT2D eigenvalue weighted by atomic mass is 16.5. The SMILES string of the molecule is OCCOc1cnccn1. The lowest BCUT2D eigenvalue weighted by Crippen LogP contribution is -2.02. The molecule has 0 aliphatic heterocycles. The van der Waals surface area contributed by atoms with Gasteiger partial charge in [0.15, 0.2) is 0 Å². The van der Waals surface area contributed by atoms with E-state index in [0.29, 0.717) is 5.88 Å². The molecule has 1 aromatic rings. The Morgan fingerprint density at radius 2 is 2.40 bits per heavy atom. The van der Waals surface area contributed by atoms with Crippen molar-refractivity contribution < 1.29 is 9.84 Å². The molecule has 0 saturated carbocycles. The zero-order chi connectivity index (χ0) is 7.23. The molecule has 54 valence electrons. The van der Waals surface area contributed by atoms with E-state index in [-0.39, 0.29) is 13.2 Å². The van der Waals surface area contributed by atoms with Gasteiger partial charge in [0.2, 0.25) is 5.88 Å². The van der Waals surface area contributed by atoms with Crippen LogP contribution in [0.4, 0.5) is 0 Å². The highest BCUT2D eigenvalue weighted by Crippen LogP contribution is 1.98. The number of hydrogen-bond donors (Lipinski definition) is 1. The van der Waals surface area contributed by atoms with Gasteiger partial charge in [0.1, 0.15) is 6.61 Å². The monoisotopic (exact) mass is 140 g/mol. The third-order valence-electron chi connectivity index (χ3n) is 0.881. The molecule has 0 atom stereocenters. The maximum atomic E-state index is 8.35. The Bertz CT molecular complexity index is 178. The summed E-state index contributed by atoms with van der Waals surface area (Å²) in [6, 6.07) is 0. The van der Waals surface area contributed by atoms with Crippen LogP contribution in [0.5, 0.6) is 5.88 Å². The summed E-state index contributed by atoms with van der Waals surface area (Å²) >= 11 is 0. The van der Waals surface area contributed by atoms with Crippen LogP contribution in [0.25, 0.3) is 0 Å². The van der Waals surface area contributed by atoms with Gasteiger partial charge in [0.25, 0.3) is 0 Å². The summed E-state index contributed by atoms with van der Waals surface area (Å²) < 4.78 is 4.93. The summed E-state index contributed by atoms with van der Waals surface area (Å²) in [5.74, 6) is 0.441. The number of aliphatic hydroxyl groups is 1. The van der Waals surface area contributed by atoms with Gasteiger partial charge in [-0.2, -0.15) is 0 Å². The fourth-order valence-electron chi connectivity index (χ4n) is 0.510. The van der Waals surface area contributed by atoms with E-state index in [1.807, 2.05) is 0 Å². The first-order chi connectivity index (χ1) is 4.93. The van der Waals surface area contributed by atoms with Crippen molar-refractivity contribution in [2.24, 2.45) is 0 Å². The van der Waals surface area contributed by atoms with Gasteiger partial charge in [0, 0.05) is 12.4 Å². The smallest absolute Gasteiger partial charge is 0.232 e. The van der Waals surface area contributed by atoms with Crippen molar-refractivity contribution in [2.45, 2.75) is 0 Å². The van der Waals surface area contributed by atoms with E-state index in [4.69, 9.17) is 9.84 Å². The number of aromatic nitrogens is 2. The molecule has 0 saturated heterocycles. The zero-order valence-electron chi connectivity index (χ0n) is 5.40. The Balaban J connectivity index is 2.43. The van der Waals surface area contributed by atoms with Crippen LogP contribution in [0.15, 0.2) is 18.6 Å². The maximum absolute atomic E-state index is 8.35. The second-order valence-corrected chi connectivity index (χ2v) is 1.62. The van der Waals surface area contributed by atoms with Gasteiger partial charge >= 0.3 is 0 Å². The summed E-state index contributed by atoms with van der Waals surface area (Å²) in [5, 5.41) is 8.35. The van der Waals surface area contributed by atoms with E-state index in [2.05, 4.69) is 9.97 Å². The van der Waals surface area contributed by atoms with Gasteiger partial charge in [0.05, 0.1) is 12.8 Å². The standard InChI is InChI=1S/C6H8N2O2/c9-3-4-10-6-5-7-1-2-8-6/h1-2,5,9H,3-4H2. The molecular weight excluding hydrogens is 132 g/mol. The summed E-state index contributed by atoms with van der Waals surface area (Å²) in [6.45, 7) is 0.259. The van der Waals surface area contributed by atoms with Crippen molar-refractivity contribution in [3.63, 3.8) is 0 Å². The normalized spacial score (nSPS) is 9.30. The number of hydrogen-bond acceptors (Lipinski definition) is 4. The van der Waals surface area contributed by atoms with Gasteiger partial charge in [-0.05, 0) is 0 Å². The average Bonchev–Trinajstić information content (AvgIpc) is 2.03. The molecule has 1 heterocycles. The lowest BCUT2D eigenvalue weighted by molar-refractivity contribution is 0.196. The first kappa shape index (κ1) is 6.95. The molecule has 0 fully saturated rings.